The molecular formula is C11H11ClO3S. The van der Waals surface area contributed by atoms with E-state index in [9.17, 15) is 13.2 Å². The number of carbonyl (C=O) groups is 1. The first-order chi connectivity index (χ1) is 7.36. The highest BCUT2D eigenvalue weighted by Crippen LogP contribution is 2.19. The molecule has 16 heavy (non-hydrogen) atoms. The van der Waals surface area contributed by atoms with E-state index in [1.54, 1.807) is 12.1 Å². The first kappa shape index (κ1) is 12.9. The third kappa shape index (κ3) is 2.93. The summed E-state index contributed by atoms with van der Waals surface area (Å²) in [5, 5.41) is -0.671. The SMILES string of the molecule is C=CCc1ccc(C(=O)Cl)cc1S(C)(=O)=O. The van der Waals surface area contributed by atoms with E-state index in [4.69, 9.17) is 11.6 Å². The zero-order chi connectivity index (χ0) is 12.3. The van der Waals surface area contributed by atoms with Crippen LogP contribution in [0.15, 0.2) is 35.7 Å². The zero-order valence-electron chi connectivity index (χ0n) is 8.73. The van der Waals surface area contributed by atoms with Gasteiger partial charge in [0.2, 0.25) is 0 Å². The fraction of sp³-hybridized carbons (Fsp3) is 0.182. The van der Waals surface area contributed by atoms with E-state index in [-0.39, 0.29) is 10.5 Å². The van der Waals surface area contributed by atoms with Crippen LogP contribution in [0.5, 0.6) is 0 Å². The molecule has 3 nitrogen and oxygen atoms in total. The van der Waals surface area contributed by atoms with Gasteiger partial charge in [0, 0.05) is 11.8 Å². The molecule has 0 aliphatic heterocycles. The first-order valence-corrected chi connectivity index (χ1v) is 6.77. The topological polar surface area (TPSA) is 51.2 Å². The van der Waals surface area contributed by atoms with Gasteiger partial charge in [-0.05, 0) is 35.7 Å². The van der Waals surface area contributed by atoms with E-state index in [1.165, 1.54) is 12.1 Å². The van der Waals surface area contributed by atoms with Crippen molar-refractivity contribution in [3.8, 4) is 0 Å². The van der Waals surface area contributed by atoms with E-state index < -0.39 is 15.1 Å². The number of rotatable bonds is 4. The quantitative estimate of drug-likeness (QED) is 0.615. The highest BCUT2D eigenvalue weighted by Gasteiger charge is 2.15. The van der Waals surface area contributed by atoms with Crippen LogP contribution in [-0.2, 0) is 16.3 Å². The lowest BCUT2D eigenvalue weighted by Gasteiger charge is -2.06. The minimum Gasteiger partial charge on any atom is -0.276 e. The van der Waals surface area contributed by atoms with Crippen molar-refractivity contribution in [2.24, 2.45) is 0 Å². The summed E-state index contributed by atoms with van der Waals surface area (Å²) < 4.78 is 23.0. The maximum absolute atomic E-state index is 11.5. The molecule has 0 aromatic heterocycles. The van der Waals surface area contributed by atoms with Crippen molar-refractivity contribution in [1.29, 1.82) is 0 Å². The lowest BCUT2D eigenvalue weighted by Crippen LogP contribution is -2.04. The molecule has 86 valence electrons. The summed E-state index contributed by atoms with van der Waals surface area (Å²) in [4.78, 5) is 11.1. The Balaban J connectivity index is 3.44. The average Bonchev–Trinajstić information content (AvgIpc) is 2.16. The number of hydrogen-bond donors (Lipinski definition) is 0. The number of benzene rings is 1. The van der Waals surface area contributed by atoms with Crippen molar-refractivity contribution in [3.05, 3.63) is 42.0 Å². The van der Waals surface area contributed by atoms with E-state index in [0.29, 0.717) is 12.0 Å². The lowest BCUT2D eigenvalue weighted by molar-refractivity contribution is 0.108. The van der Waals surface area contributed by atoms with Crippen LogP contribution in [0.1, 0.15) is 15.9 Å². The fourth-order valence-electron chi connectivity index (χ4n) is 1.35. The molecule has 1 aromatic rings. The number of carbonyl (C=O) groups excluding carboxylic acids is 1. The van der Waals surface area contributed by atoms with Crippen LogP contribution >= 0.6 is 11.6 Å². The second kappa shape index (κ2) is 4.80. The van der Waals surface area contributed by atoms with Crippen LogP contribution < -0.4 is 0 Å². The van der Waals surface area contributed by atoms with Crippen molar-refractivity contribution in [3.63, 3.8) is 0 Å². The van der Waals surface area contributed by atoms with Crippen molar-refractivity contribution in [2.75, 3.05) is 6.26 Å². The van der Waals surface area contributed by atoms with Gasteiger partial charge in [-0.3, -0.25) is 4.79 Å². The Morgan fingerprint density at radius 1 is 1.50 bits per heavy atom. The number of halogens is 1. The van der Waals surface area contributed by atoms with Crippen LogP contribution in [0, 0.1) is 0 Å². The van der Waals surface area contributed by atoms with Crippen molar-refractivity contribution in [1.82, 2.24) is 0 Å². The molecule has 0 saturated carbocycles. The van der Waals surface area contributed by atoms with Gasteiger partial charge in [0.15, 0.2) is 9.84 Å². The van der Waals surface area contributed by atoms with E-state index in [2.05, 4.69) is 6.58 Å². The summed E-state index contributed by atoms with van der Waals surface area (Å²) in [6.45, 7) is 3.55. The molecule has 0 radical (unpaired) electrons. The molecule has 0 unspecified atom stereocenters. The first-order valence-electron chi connectivity index (χ1n) is 4.50. The molecule has 0 N–H and O–H groups in total. The van der Waals surface area contributed by atoms with Gasteiger partial charge >= 0.3 is 0 Å². The van der Waals surface area contributed by atoms with E-state index in [0.717, 1.165) is 6.26 Å². The summed E-state index contributed by atoms with van der Waals surface area (Å²) in [7, 11) is -3.37. The summed E-state index contributed by atoms with van der Waals surface area (Å²) in [6.07, 6.45) is 3.13. The maximum Gasteiger partial charge on any atom is 0.252 e. The predicted molar refractivity (Wildman–Crippen MR) is 63.6 cm³/mol. The Hall–Kier alpha value is -1.13. The molecule has 0 aliphatic carbocycles. The highest BCUT2D eigenvalue weighted by atomic mass is 35.5. The molecular weight excluding hydrogens is 248 g/mol. The molecule has 0 heterocycles. The second-order valence-corrected chi connectivity index (χ2v) is 5.69. The van der Waals surface area contributed by atoms with Crippen molar-refractivity contribution >= 4 is 26.7 Å². The molecule has 0 bridgehead atoms. The Morgan fingerprint density at radius 3 is 2.56 bits per heavy atom. The van der Waals surface area contributed by atoms with Crippen molar-refractivity contribution in [2.45, 2.75) is 11.3 Å². The molecule has 0 amide bonds. The summed E-state index contributed by atoms with van der Waals surface area (Å²) in [6, 6.07) is 4.38. The average molecular weight is 259 g/mol. The largest absolute Gasteiger partial charge is 0.276 e. The van der Waals surface area contributed by atoms with Gasteiger partial charge in [0.1, 0.15) is 0 Å². The fourth-order valence-corrected chi connectivity index (χ4v) is 2.43. The Labute approximate surface area is 99.7 Å². The molecule has 1 aromatic carbocycles. The minimum atomic E-state index is -3.37. The molecule has 0 saturated heterocycles. The monoisotopic (exact) mass is 258 g/mol. The standard InChI is InChI=1S/C11H11ClO3S/c1-3-4-8-5-6-9(11(12)13)7-10(8)16(2,14)15/h3,5-7H,1,4H2,2H3. The Morgan fingerprint density at radius 2 is 2.12 bits per heavy atom. The predicted octanol–water partition coefficient (Wildman–Crippen LogP) is 2.20. The van der Waals surface area contributed by atoms with Crippen LogP contribution in [0.2, 0.25) is 0 Å². The summed E-state index contributed by atoms with van der Waals surface area (Å²) >= 11 is 5.30. The van der Waals surface area contributed by atoms with Gasteiger partial charge in [-0.2, -0.15) is 0 Å². The van der Waals surface area contributed by atoms with E-state index >= 15 is 0 Å². The van der Waals surface area contributed by atoms with Gasteiger partial charge in [-0.1, -0.05) is 12.1 Å². The normalized spacial score (nSPS) is 11.1. The van der Waals surface area contributed by atoms with Gasteiger partial charge in [0.05, 0.1) is 4.90 Å². The Kier molecular flexibility index (Phi) is 3.88. The molecule has 5 heteroatoms. The molecule has 0 aliphatic rings. The number of allylic oxidation sites excluding steroid dienone is 1. The van der Waals surface area contributed by atoms with Crippen LogP contribution in [-0.4, -0.2) is 19.9 Å². The van der Waals surface area contributed by atoms with Crippen LogP contribution in [0.3, 0.4) is 0 Å². The smallest absolute Gasteiger partial charge is 0.252 e. The third-order valence-corrected chi connectivity index (χ3v) is 3.46. The molecule has 0 fully saturated rings. The minimum absolute atomic E-state index is 0.124. The molecule has 1 rings (SSSR count). The van der Waals surface area contributed by atoms with Gasteiger partial charge in [-0.25, -0.2) is 8.42 Å². The maximum atomic E-state index is 11.5. The van der Waals surface area contributed by atoms with E-state index in [1.807, 2.05) is 0 Å². The Bertz CT molecular complexity index is 532. The van der Waals surface area contributed by atoms with Gasteiger partial charge < -0.3 is 0 Å². The van der Waals surface area contributed by atoms with Crippen LogP contribution in [0.25, 0.3) is 0 Å². The third-order valence-electron chi connectivity index (χ3n) is 2.06. The number of hydrogen-bond acceptors (Lipinski definition) is 3. The lowest BCUT2D eigenvalue weighted by atomic mass is 10.1. The summed E-state index contributed by atoms with van der Waals surface area (Å²) in [5.74, 6) is 0. The highest BCUT2D eigenvalue weighted by molar-refractivity contribution is 7.90. The summed E-state index contributed by atoms with van der Waals surface area (Å²) in [5.41, 5.74) is 0.786. The molecule has 0 atom stereocenters. The number of sulfone groups is 1. The van der Waals surface area contributed by atoms with Crippen LogP contribution in [0.4, 0.5) is 0 Å². The second-order valence-electron chi connectivity index (χ2n) is 3.36. The molecule has 0 spiro atoms. The van der Waals surface area contributed by atoms with Gasteiger partial charge in [0.25, 0.3) is 5.24 Å². The zero-order valence-corrected chi connectivity index (χ0v) is 10.3. The van der Waals surface area contributed by atoms with Crippen molar-refractivity contribution < 1.29 is 13.2 Å². The van der Waals surface area contributed by atoms with Gasteiger partial charge in [-0.15, -0.1) is 6.58 Å².